The maximum Gasteiger partial charge on any atom is 0.247 e. The molecule has 6 nitrogen and oxygen atoms in total. The van der Waals surface area contributed by atoms with Crippen LogP contribution in [-0.2, 0) is 10.0 Å². The van der Waals surface area contributed by atoms with Gasteiger partial charge in [-0.25, -0.2) is 13.4 Å². The van der Waals surface area contributed by atoms with Gasteiger partial charge in [-0.2, -0.15) is 4.31 Å². The van der Waals surface area contributed by atoms with Crippen LogP contribution in [-0.4, -0.2) is 49.1 Å². The van der Waals surface area contributed by atoms with Crippen molar-refractivity contribution in [2.75, 3.05) is 25.5 Å². The molecule has 8 heteroatoms. The van der Waals surface area contributed by atoms with Crippen LogP contribution < -0.4 is 5.32 Å². The fourth-order valence-electron chi connectivity index (χ4n) is 2.40. The summed E-state index contributed by atoms with van der Waals surface area (Å²) in [5.41, 5.74) is 0. The van der Waals surface area contributed by atoms with E-state index in [1.165, 1.54) is 10.4 Å². The van der Waals surface area contributed by atoms with Crippen LogP contribution in [0.5, 0.6) is 0 Å². The molecule has 20 heavy (non-hydrogen) atoms. The molecule has 2 rings (SSSR count). The molecule has 0 bridgehead atoms. The summed E-state index contributed by atoms with van der Waals surface area (Å²) in [6, 6.07) is 1.19. The quantitative estimate of drug-likeness (QED) is 0.845. The second-order valence-corrected chi connectivity index (χ2v) is 7.47. The van der Waals surface area contributed by atoms with Gasteiger partial charge in [-0.15, -0.1) is 0 Å². The van der Waals surface area contributed by atoms with Gasteiger partial charge in [0.1, 0.15) is 10.7 Å². The smallest absolute Gasteiger partial charge is 0.247 e. The van der Waals surface area contributed by atoms with Gasteiger partial charge in [0.05, 0.1) is 6.61 Å². The number of anilines is 1. The molecular weight excluding hydrogens is 346 g/mol. The molecular formula is C12H18BrN3O3S. The van der Waals surface area contributed by atoms with E-state index in [9.17, 15) is 13.5 Å². The summed E-state index contributed by atoms with van der Waals surface area (Å²) >= 11 is 3.25. The molecule has 0 amide bonds. The average Bonchev–Trinajstić information content (AvgIpc) is 2.47. The summed E-state index contributed by atoms with van der Waals surface area (Å²) in [7, 11) is -2.04. The highest BCUT2D eigenvalue weighted by atomic mass is 79.9. The fourth-order valence-corrected chi connectivity index (χ4v) is 4.75. The van der Waals surface area contributed by atoms with Crippen molar-refractivity contribution in [2.45, 2.75) is 30.2 Å². The van der Waals surface area contributed by atoms with Crippen LogP contribution in [0.25, 0.3) is 0 Å². The number of aliphatic hydroxyl groups excluding tert-OH is 1. The van der Waals surface area contributed by atoms with Crippen molar-refractivity contribution in [3.63, 3.8) is 0 Å². The largest absolute Gasteiger partial charge is 0.395 e. The van der Waals surface area contributed by atoms with E-state index in [0.29, 0.717) is 23.3 Å². The van der Waals surface area contributed by atoms with Gasteiger partial charge < -0.3 is 10.4 Å². The number of sulfonamides is 1. The maximum atomic E-state index is 12.8. The number of rotatable bonds is 4. The number of pyridine rings is 1. The Balaban J connectivity index is 2.46. The molecule has 2 N–H and O–H groups in total. The molecule has 1 aliphatic rings. The monoisotopic (exact) mass is 363 g/mol. The summed E-state index contributed by atoms with van der Waals surface area (Å²) in [5, 5.41) is 12.2. The van der Waals surface area contributed by atoms with E-state index in [2.05, 4.69) is 26.2 Å². The third kappa shape index (κ3) is 2.98. The predicted molar refractivity (Wildman–Crippen MR) is 80.1 cm³/mol. The summed E-state index contributed by atoms with van der Waals surface area (Å²) in [4.78, 5) is 4.22. The third-order valence-electron chi connectivity index (χ3n) is 3.43. The molecule has 0 saturated carbocycles. The zero-order chi connectivity index (χ0) is 14.8. The van der Waals surface area contributed by atoms with Crippen molar-refractivity contribution in [3.05, 3.63) is 16.7 Å². The minimum Gasteiger partial charge on any atom is -0.395 e. The van der Waals surface area contributed by atoms with Crippen LogP contribution in [0.3, 0.4) is 0 Å². The van der Waals surface area contributed by atoms with Crippen LogP contribution in [0.2, 0.25) is 0 Å². The van der Waals surface area contributed by atoms with Crippen LogP contribution in [0, 0.1) is 0 Å². The first kappa shape index (κ1) is 15.7. The SMILES string of the molecule is CNc1ncc(Br)cc1S(=O)(=O)N1CCCCC1CO. The van der Waals surface area contributed by atoms with Crippen LogP contribution in [0.4, 0.5) is 5.82 Å². The van der Waals surface area contributed by atoms with Crippen LogP contribution in [0.15, 0.2) is 21.6 Å². The van der Waals surface area contributed by atoms with Gasteiger partial charge >= 0.3 is 0 Å². The number of nitrogens with one attached hydrogen (secondary N) is 1. The van der Waals surface area contributed by atoms with E-state index in [4.69, 9.17) is 0 Å². The second kappa shape index (κ2) is 6.38. The van der Waals surface area contributed by atoms with Gasteiger partial charge in [-0.3, -0.25) is 0 Å². The van der Waals surface area contributed by atoms with E-state index < -0.39 is 10.0 Å². The molecule has 0 spiro atoms. The Labute approximate surface area is 127 Å². The topological polar surface area (TPSA) is 82.5 Å². The van der Waals surface area contributed by atoms with Gasteiger partial charge in [0.15, 0.2) is 0 Å². The Kier molecular flexibility index (Phi) is 5.00. The first-order valence-corrected chi connectivity index (χ1v) is 8.70. The number of nitrogens with zero attached hydrogens (tertiary/aromatic N) is 2. The lowest BCUT2D eigenvalue weighted by molar-refractivity contribution is 0.155. The second-order valence-electron chi connectivity index (χ2n) is 4.70. The summed E-state index contributed by atoms with van der Waals surface area (Å²) in [6.45, 7) is 0.277. The van der Waals surface area contributed by atoms with Gasteiger partial charge in [0.2, 0.25) is 10.0 Å². The number of hydrogen-bond acceptors (Lipinski definition) is 5. The molecule has 1 unspecified atom stereocenters. The average molecular weight is 364 g/mol. The molecule has 0 aromatic carbocycles. The standard InChI is InChI=1S/C12H18BrN3O3S/c1-14-12-11(6-9(13)7-15-12)20(18,19)16-5-3-2-4-10(16)8-17/h6-7,10,17H,2-5,8H2,1H3,(H,14,15). The van der Waals surface area contributed by atoms with Crippen molar-refractivity contribution in [2.24, 2.45) is 0 Å². The molecule has 1 saturated heterocycles. The van der Waals surface area contributed by atoms with Crippen molar-refractivity contribution in [1.82, 2.24) is 9.29 Å². The highest BCUT2D eigenvalue weighted by Crippen LogP contribution is 2.30. The fraction of sp³-hybridized carbons (Fsp3) is 0.583. The van der Waals surface area contributed by atoms with Gasteiger partial charge in [0.25, 0.3) is 0 Å². The highest BCUT2D eigenvalue weighted by Gasteiger charge is 2.34. The summed E-state index contributed by atoms with van der Waals surface area (Å²) in [5.74, 6) is 0.315. The number of aromatic nitrogens is 1. The minimum atomic E-state index is -3.67. The van der Waals surface area contributed by atoms with E-state index >= 15 is 0 Å². The van der Waals surface area contributed by atoms with Crippen LogP contribution >= 0.6 is 15.9 Å². The summed E-state index contributed by atoms with van der Waals surface area (Å²) in [6.07, 6.45) is 3.98. The first-order chi connectivity index (χ1) is 9.50. The van der Waals surface area contributed by atoms with E-state index in [0.717, 1.165) is 12.8 Å². The number of halogens is 1. The van der Waals surface area contributed by atoms with Crippen molar-refractivity contribution in [3.8, 4) is 0 Å². The first-order valence-electron chi connectivity index (χ1n) is 6.46. The van der Waals surface area contributed by atoms with Gasteiger partial charge in [0, 0.05) is 30.3 Å². The zero-order valence-corrected chi connectivity index (χ0v) is 13.6. The molecule has 1 aromatic heterocycles. The lowest BCUT2D eigenvalue weighted by atomic mass is 10.1. The number of hydrogen-bond donors (Lipinski definition) is 2. The van der Waals surface area contributed by atoms with Crippen molar-refractivity contribution < 1.29 is 13.5 Å². The predicted octanol–water partition coefficient (Wildman–Crippen LogP) is 1.42. The van der Waals surface area contributed by atoms with E-state index in [1.807, 2.05) is 0 Å². The molecule has 0 aliphatic carbocycles. The van der Waals surface area contributed by atoms with Gasteiger partial charge in [-0.05, 0) is 34.8 Å². The Morgan fingerprint density at radius 3 is 2.95 bits per heavy atom. The minimum absolute atomic E-state index is 0.134. The molecule has 1 aliphatic heterocycles. The number of piperidine rings is 1. The highest BCUT2D eigenvalue weighted by molar-refractivity contribution is 9.10. The Morgan fingerprint density at radius 1 is 1.55 bits per heavy atom. The van der Waals surface area contributed by atoms with Crippen molar-refractivity contribution >= 4 is 31.8 Å². The Morgan fingerprint density at radius 2 is 2.30 bits per heavy atom. The maximum absolute atomic E-state index is 12.8. The Bertz CT molecular complexity index is 579. The lowest BCUT2D eigenvalue weighted by Gasteiger charge is -2.33. The molecule has 1 atom stereocenters. The molecule has 2 heterocycles. The van der Waals surface area contributed by atoms with Crippen LogP contribution in [0.1, 0.15) is 19.3 Å². The normalized spacial score (nSPS) is 20.9. The molecule has 1 fully saturated rings. The Hall–Kier alpha value is -0.700. The lowest BCUT2D eigenvalue weighted by Crippen LogP contribution is -2.45. The molecule has 112 valence electrons. The van der Waals surface area contributed by atoms with E-state index in [-0.39, 0.29) is 17.5 Å². The third-order valence-corrected chi connectivity index (χ3v) is 5.83. The van der Waals surface area contributed by atoms with Crippen molar-refractivity contribution in [1.29, 1.82) is 0 Å². The molecule has 1 aromatic rings. The summed E-state index contributed by atoms with van der Waals surface area (Å²) < 4.78 is 27.6. The zero-order valence-electron chi connectivity index (χ0n) is 11.2. The van der Waals surface area contributed by atoms with Gasteiger partial charge in [-0.1, -0.05) is 6.42 Å². The molecule has 0 radical (unpaired) electrons. The van der Waals surface area contributed by atoms with E-state index in [1.54, 1.807) is 13.2 Å². The number of aliphatic hydroxyl groups is 1.